The average molecular weight is 434 g/mol. The predicted octanol–water partition coefficient (Wildman–Crippen LogP) is 4.39. The number of hydrogen-bond donors (Lipinski definition) is 0. The Bertz CT molecular complexity index is 1310. The number of amides is 2. The van der Waals surface area contributed by atoms with Crippen molar-refractivity contribution in [2.45, 2.75) is 19.0 Å². The summed E-state index contributed by atoms with van der Waals surface area (Å²) in [4.78, 5) is 44.6. The van der Waals surface area contributed by atoms with E-state index < -0.39 is 17.9 Å². The third-order valence-corrected chi connectivity index (χ3v) is 7.08. The molecule has 33 heavy (non-hydrogen) atoms. The maximum Gasteiger partial charge on any atom is 0.240 e. The van der Waals surface area contributed by atoms with Gasteiger partial charge in [0.2, 0.25) is 11.8 Å². The molecule has 3 aromatic rings. The van der Waals surface area contributed by atoms with E-state index in [0.29, 0.717) is 11.3 Å². The molecular weight excluding hydrogens is 412 g/mol. The van der Waals surface area contributed by atoms with Crippen molar-refractivity contribution in [3.63, 3.8) is 0 Å². The van der Waals surface area contributed by atoms with E-state index in [4.69, 9.17) is 0 Å². The molecule has 2 amide bonds. The molecule has 0 N–H and O–H groups in total. The zero-order chi connectivity index (χ0) is 22.7. The van der Waals surface area contributed by atoms with Gasteiger partial charge < -0.3 is 4.90 Å². The standard InChI is InChI=1S/C28H22N2O3/c1-17-11-13-20(14-12-17)30-27(32)22-23(28(30)33)25(26(31)19-8-3-2-4-9-19)29-16-15-18-7-5-6-10-21(18)24(22)29/h2-16,22-25H,1H3. The molecule has 3 aromatic carbocycles. The van der Waals surface area contributed by atoms with Crippen LogP contribution in [-0.4, -0.2) is 28.5 Å². The highest BCUT2D eigenvalue weighted by Crippen LogP contribution is 2.53. The molecular formula is C28H22N2O3. The maximum atomic E-state index is 13.8. The van der Waals surface area contributed by atoms with Gasteiger partial charge in [0.05, 0.1) is 23.6 Å². The first-order chi connectivity index (χ1) is 16.1. The van der Waals surface area contributed by atoms with Crippen LogP contribution in [0.15, 0.2) is 85.1 Å². The van der Waals surface area contributed by atoms with Gasteiger partial charge >= 0.3 is 0 Å². The number of Topliss-reactive ketones (excluding diaryl/α,β-unsaturated/α-hetero) is 1. The first-order valence-corrected chi connectivity index (χ1v) is 11.1. The van der Waals surface area contributed by atoms with E-state index in [9.17, 15) is 14.4 Å². The van der Waals surface area contributed by atoms with Gasteiger partial charge in [0.1, 0.15) is 6.04 Å². The van der Waals surface area contributed by atoms with Gasteiger partial charge in [-0.3, -0.25) is 14.4 Å². The molecule has 0 aliphatic carbocycles. The topological polar surface area (TPSA) is 57.7 Å². The van der Waals surface area contributed by atoms with Crippen molar-refractivity contribution in [1.82, 2.24) is 4.90 Å². The molecule has 3 heterocycles. The Labute approximate surface area is 191 Å². The van der Waals surface area contributed by atoms with Crippen molar-refractivity contribution in [1.29, 1.82) is 0 Å². The fraction of sp³-hybridized carbons (Fsp3) is 0.179. The van der Waals surface area contributed by atoms with Crippen LogP contribution in [0.25, 0.3) is 6.08 Å². The van der Waals surface area contributed by atoms with Gasteiger partial charge in [-0.05, 0) is 36.3 Å². The first-order valence-electron chi connectivity index (χ1n) is 11.1. The van der Waals surface area contributed by atoms with E-state index >= 15 is 0 Å². The van der Waals surface area contributed by atoms with E-state index in [-0.39, 0.29) is 23.6 Å². The summed E-state index contributed by atoms with van der Waals surface area (Å²) in [6.07, 6.45) is 3.85. The number of benzene rings is 3. The summed E-state index contributed by atoms with van der Waals surface area (Å²) in [5, 5.41) is 0. The van der Waals surface area contributed by atoms with E-state index in [0.717, 1.165) is 16.7 Å². The van der Waals surface area contributed by atoms with Gasteiger partial charge in [-0.1, -0.05) is 72.3 Å². The van der Waals surface area contributed by atoms with Crippen molar-refractivity contribution < 1.29 is 14.4 Å². The summed E-state index contributed by atoms with van der Waals surface area (Å²) in [5.74, 6) is -2.04. The number of anilines is 1. The number of aryl methyl sites for hydroxylation is 1. The van der Waals surface area contributed by atoms with Crippen molar-refractivity contribution in [3.8, 4) is 0 Å². The average Bonchev–Trinajstić information content (AvgIpc) is 3.32. The normalized spacial score (nSPS) is 25.1. The van der Waals surface area contributed by atoms with Gasteiger partial charge in [0.25, 0.3) is 0 Å². The van der Waals surface area contributed by atoms with Gasteiger partial charge in [0, 0.05) is 11.8 Å². The second kappa shape index (κ2) is 7.27. The van der Waals surface area contributed by atoms with E-state index in [1.54, 1.807) is 24.3 Å². The molecule has 3 aliphatic rings. The van der Waals surface area contributed by atoms with Crippen LogP contribution in [0, 0.1) is 18.8 Å². The van der Waals surface area contributed by atoms with Crippen molar-refractivity contribution in [2.24, 2.45) is 11.8 Å². The van der Waals surface area contributed by atoms with Crippen LogP contribution in [0.1, 0.15) is 33.1 Å². The molecule has 2 saturated heterocycles. The lowest BCUT2D eigenvalue weighted by Crippen LogP contribution is -2.44. The molecule has 4 atom stereocenters. The molecule has 5 heteroatoms. The number of nitrogens with zero attached hydrogens (tertiary/aromatic N) is 2. The molecule has 0 spiro atoms. The summed E-state index contributed by atoms with van der Waals surface area (Å²) in [5.41, 5.74) is 4.14. The van der Waals surface area contributed by atoms with Gasteiger partial charge in [-0.15, -0.1) is 0 Å². The highest BCUT2D eigenvalue weighted by atomic mass is 16.2. The van der Waals surface area contributed by atoms with Gasteiger partial charge in [-0.25, -0.2) is 4.90 Å². The fourth-order valence-corrected chi connectivity index (χ4v) is 5.58. The molecule has 0 bridgehead atoms. The molecule has 0 saturated carbocycles. The van der Waals surface area contributed by atoms with Gasteiger partial charge in [0.15, 0.2) is 5.78 Å². The van der Waals surface area contributed by atoms with Gasteiger partial charge in [-0.2, -0.15) is 0 Å². The van der Waals surface area contributed by atoms with E-state index in [2.05, 4.69) is 0 Å². The third-order valence-electron chi connectivity index (χ3n) is 7.08. The molecule has 2 fully saturated rings. The molecule has 3 aliphatic heterocycles. The lowest BCUT2D eigenvalue weighted by molar-refractivity contribution is -0.123. The minimum atomic E-state index is -0.743. The molecule has 5 nitrogen and oxygen atoms in total. The summed E-state index contributed by atoms with van der Waals surface area (Å²) in [7, 11) is 0. The molecule has 4 unspecified atom stereocenters. The van der Waals surface area contributed by atoms with Crippen molar-refractivity contribution in [2.75, 3.05) is 4.90 Å². The number of hydrogen-bond acceptors (Lipinski definition) is 4. The minimum absolute atomic E-state index is 0.135. The molecule has 0 radical (unpaired) electrons. The summed E-state index contributed by atoms with van der Waals surface area (Å²) in [6.45, 7) is 1.96. The maximum absolute atomic E-state index is 13.8. The number of imide groups is 1. The number of fused-ring (bicyclic) bond motifs is 5. The number of ketones is 1. The Morgan fingerprint density at radius 1 is 0.788 bits per heavy atom. The van der Waals surface area contributed by atoms with Crippen molar-refractivity contribution in [3.05, 3.63) is 107 Å². The minimum Gasteiger partial charge on any atom is -0.358 e. The van der Waals surface area contributed by atoms with Crippen LogP contribution in [0.2, 0.25) is 0 Å². The van der Waals surface area contributed by atoms with Crippen molar-refractivity contribution >= 4 is 29.4 Å². The lowest BCUT2D eigenvalue weighted by atomic mass is 9.83. The first kappa shape index (κ1) is 19.7. The highest BCUT2D eigenvalue weighted by Gasteiger charge is 2.64. The van der Waals surface area contributed by atoms with Crippen LogP contribution >= 0.6 is 0 Å². The Morgan fingerprint density at radius 3 is 2.21 bits per heavy atom. The van der Waals surface area contributed by atoms with Crippen LogP contribution < -0.4 is 4.90 Å². The number of carbonyl (C=O) groups excluding carboxylic acids is 3. The molecule has 6 rings (SSSR count). The summed E-state index contributed by atoms with van der Waals surface area (Å²) in [6, 6.07) is 23.2. The highest BCUT2D eigenvalue weighted by molar-refractivity contribution is 6.24. The molecule has 0 aromatic heterocycles. The quantitative estimate of drug-likeness (QED) is 0.453. The largest absolute Gasteiger partial charge is 0.358 e. The Morgan fingerprint density at radius 2 is 1.45 bits per heavy atom. The number of rotatable bonds is 3. The van der Waals surface area contributed by atoms with Crippen LogP contribution in [0.4, 0.5) is 5.69 Å². The fourth-order valence-electron chi connectivity index (χ4n) is 5.58. The Hall–Kier alpha value is -3.99. The lowest BCUT2D eigenvalue weighted by Gasteiger charge is -2.35. The van der Waals surface area contributed by atoms with Crippen LogP contribution in [0.3, 0.4) is 0 Å². The van der Waals surface area contributed by atoms with E-state index in [1.165, 1.54) is 4.90 Å². The monoisotopic (exact) mass is 434 g/mol. The second-order valence-electron chi connectivity index (χ2n) is 8.91. The third kappa shape index (κ3) is 2.82. The summed E-state index contributed by atoms with van der Waals surface area (Å²) >= 11 is 0. The van der Waals surface area contributed by atoms with Crippen LogP contribution in [-0.2, 0) is 9.59 Å². The SMILES string of the molecule is Cc1ccc(N2C(=O)C3C(C2=O)C2c4ccccc4C=CN2C3C(=O)c2ccccc2)cc1. The predicted molar refractivity (Wildman–Crippen MR) is 125 cm³/mol. The Kier molecular flexibility index (Phi) is 4.34. The smallest absolute Gasteiger partial charge is 0.240 e. The second-order valence-corrected chi connectivity index (χ2v) is 8.91. The Balaban J connectivity index is 1.50. The van der Waals surface area contributed by atoms with Crippen LogP contribution in [0.5, 0.6) is 0 Å². The number of carbonyl (C=O) groups is 3. The summed E-state index contributed by atoms with van der Waals surface area (Å²) < 4.78 is 0. The zero-order valence-electron chi connectivity index (χ0n) is 18.1. The molecule has 162 valence electrons. The zero-order valence-corrected chi connectivity index (χ0v) is 18.1. The van der Waals surface area contributed by atoms with E-state index in [1.807, 2.05) is 78.7 Å².